The third-order valence-electron chi connectivity index (χ3n) is 5.15. The SMILES string of the molecule is CO/N=C(/C(=O)NC1C(=O)N2C(C)C(COC(C)=O)CS(=O)C12)c1csc(NC(=O)CCl)n1. The fraction of sp³-hybridized carbons (Fsp3) is 0.556. The van der Waals surface area contributed by atoms with E-state index in [1.165, 1.54) is 24.3 Å². The molecule has 12 nitrogen and oxygen atoms in total. The second-order valence-electron chi connectivity index (χ2n) is 7.28. The third kappa shape index (κ3) is 5.33. The minimum Gasteiger partial charge on any atom is -0.465 e. The second-order valence-corrected chi connectivity index (χ2v) is 9.98. The van der Waals surface area contributed by atoms with Crippen LogP contribution in [0.2, 0.25) is 0 Å². The van der Waals surface area contributed by atoms with E-state index in [0.717, 1.165) is 11.3 Å². The van der Waals surface area contributed by atoms with Crippen molar-refractivity contribution in [3.8, 4) is 0 Å². The van der Waals surface area contributed by atoms with Gasteiger partial charge in [-0.3, -0.25) is 23.4 Å². The number of alkyl halides is 1. The predicted octanol–water partition coefficient (Wildman–Crippen LogP) is -0.346. The molecule has 180 valence electrons. The van der Waals surface area contributed by atoms with E-state index in [4.69, 9.17) is 21.2 Å². The highest BCUT2D eigenvalue weighted by Crippen LogP contribution is 2.35. The lowest BCUT2D eigenvalue weighted by molar-refractivity contribution is -0.155. The Labute approximate surface area is 200 Å². The van der Waals surface area contributed by atoms with Gasteiger partial charge in [0.15, 0.2) is 10.8 Å². The second kappa shape index (κ2) is 10.6. The van der Waals surface area contributed by atoms with Gasteiger partial charge in [-0.25, -0.2) is 4.98 Å². The van der Waals surface area contributed by atoms with Crippen molar-refractivity contribution in [2.45, 2.75) is 31.3 Å². The number of carbonyl (C=O) groups excluding carboxylic acids is 4. The molecular formula is C18H22ClN5O7S2. The van der Waals surface area contributed by atoms with Gasteiger partial charge in [0.1, 0.15) is 30.1 Å². The average Bonchev–Trinajstić information content (AvgIpc) is 3.23. The first-order chi connectivity index (χ1) is 15.7. The first-order valence-corrected chi connectivity index (χ1v) is 12.5. The summed E-state index contributed by atoms with van der Waals surface area (Å²) < 4.78 is 17.8. The van der Waals surface area contributed by atoms with Crippen LogP contribution in [0.1, 0.15) is 19.5 Å². The molecule has 3 rings (SSSR count). The lowest BCUT2D eigenvalue weighted by atomic mass is 9.95. The summed E-state index contributed by atoms with van der Waals surface area (Å²) in [5.41, 5.74) is -0.0961. The molecule has 0 aromatic carbocycles. The number of halogens is 1. The van der Waals surface area contributed by atoms with Crippen molar-refractivity contribution in [1.29, 1.82) is 0 Å². The fourth-order valence-corrected chi connectivity index (χ4v) is 6.33. The number of nitrogens with one attached hydrogen (secondary N) is 2. The number of oxime groups is 1. The van der Waals surface area contributed by atoms with Crippen LogP contribution in [0, 0.1) is 5.92 Å². The van der Waals surface area contributed by atoms with E-state index >= 15 is 0 Å². The maximum atomic E-state index is 12.9. The van der Waals surface area contributed by atoms with Crippen molar-refractivity contribution in [3.63, 3.8) is 0 Å². The van der Waals surface area contributed by atoms with Gasteiger partial charge in [-0.2, -0.15) is 0 Å². The van der Waals surface area contributed by atoms with Crippen LogP contribution >= 0.6 is 22.9 Å². The Hall–Kier alpha value is -2.58. The number of aromatic nitrogens is 1. The number of anilines is 1. The van der Waals surface area contributed by atoms with Gasteiger partial charge in [0.2, 0.25) is 11.8 Å². The molecule has 1 aromatic rings. The molecule has 0 bridgehead atoms. The molecule has 1 aromatic heterocycles. The zero-order valence-electron chi connectivity index (χ0n) is 17.9. The van der Waals surface area contributed by atoms with E-state index in [9.17, 15) is 23.4 Å². The van der Waals surface area contributed by atoms with Crippen molar-refractivity contribution in [2.75, 3.05) is 30.7 Å². The number of nitrogens with zero attached hydrogens (tertiary/aromatic N) is 3. The number of hydrogen-bond donors (Lipinski definition) is 2. The molecule has 5 atom stereocenters. The van der Waals surface area contributed by atoms with Crippen molar-refractivity contribution in [2.24, 2.45) is 11.1 Å². The van der Waals surface area contributed by atoms with E-state index < -0.39 is 45.9 Å². The molecule has 3 amide bonds. The molecular weight excluding hydrogens is 498 g/mol. The van der Waals surface area contributed by atoms with Crippen LogP contribution in [0.4, 0.5) is 5.13 Å². The van der Waals surface area contributed by atoms with Crippen molar-refractivity contribution in [1.82, 2.24) is 15.2 Å². The van der Waals surface area contributed by atoms with Gasteiger partial charge in [0.25, 0.3) is 5.91 Å². The number of rotatable bonds is 8. The lowest BCUT2D eigenvalue weighted by Gasteiger charge is -2.54. The average molecular weight is 520 g/mol. The molecule has 15 heteroatoms. The number of hydrogen-bond acceptors (Lipinski definition) is 10. The number of amides is 3. The number of carbonyl (C=O) groups is 4. The lowest BCUT2D eigenvalue weighted by Crippen LogP contribution is -2.77. The van der Waals surface area contributed by atoms with Crippen LogP contribution < -0.4 is 10.6 Å². The smallest absolute Gasteiger partial charge is 0.302 e. The Bertz CT molecular complexity index is 1020. The van der Waals surface area contributed by atoms with E-state index in [1.807, 2.05) is 0 Å². The van der Waals surface area contributed by atoms with Gasteiger partial charge >= 0.3 is 5.97 Å². The van der Waals surface area contributed by atoms with E-state index in [-0.39, 0.29) is 46.7 Å². The Morgan fingerprint density at radius 2 is 2.15 bits per heavy atom. The molecule has 0 radical (unpaired) electrons. The highest BCUT2D eigenvalue weighted by molar-refractivity contribution is 7.85. The highest BCUT2D eigenvalue weighted by Gasteiger charge is 2.57. The maximum Gasteiger partial charge on any atom is 0.302 e. The first-order valence-electron chi connectivity index (χ1n) is 9.74. The quantitative estimate of drug-likeness (QED) is 0.155. The number of β-lactam (4-membered cyclic amide) rings is 1. The van der Waals surface area contributed by atoms with E-state index in [1.54, 1.807) is 6.92 Å². The molecule has 5 unspecified atom stereocenters. The molecule has 2 N–H and O–H groups in total. The molecule has 2 fully saturated rings. The van der Waals surface area contributed by atoms with Gasteiger partial charge in [-0.1, -0.05) is 5.16 Å². The summed E-state index contributed by atoms with van der Waals surface area (Å²) >= 11 is 6.51. The zero-order chi connectivity index (χ0) is 24.3. The Morgan fingerprint density at radius 1 is 1.42 bits per heavy atom. The predicted molar refractivity (Wildman–Crippen MR) is 120 cm³/mol. The molecule has 2 saturated heterocycles. The summed E-state index contributed by atoms with van der Waals surface area (Å²) in [6.07, 6.45) is 0. The summed E-state index contributed by atoms with van der Waals surface area (Å²) in [4.78, 5) is 58.5. The Kier molecular flexibility index (Phi) is 8.02. The Balaban J connectivity index is 1.70. The highest BCUT2D eigenvalue weighted by atomic mass is 35.5. The first kappa shape index (κ1) is 25.1. The van der Waals surface area contributed by atoms with Crippen LogP contribution in [-0.2, 0) is 39.6 Å². The van der Waals surface area contributed by atoms with E-state index in [2.05, 4.69) is 20.8 Å². The van der Waals surface area contributed by atoms with Gasteiger partial charge < -0.3 is 25.1 Å². The summed E-state index contributed by atoms with van der Waals surface area (Å²) in [6.45, 7) is 3.13. The number of thiazole rings is 1. The van der Waals surface area contributed by atoms with Crippen LogP contribution in [0.15, 0.2) is 10.5 Å². The third-order valence-corrected chi connectivity index (χ3v) is 7.94. The van der Waals surface area contributed by atoms with Gasteiger partial charge in [-0.05, 0) is 6.92 Å². The monoisotopic (exact) mass is 519 g/mol. The van der Waals surface area contributed by atoms with Crippen molar-refractivity contribution < 1.29 is 33.0 Å². The molecule has 2 aliphatic heterocycles. The van der Waals surface area contributed by atoms with Crippen LogP contribution in [-0.4, -0.2) is 86.3 Å². The normalized spacial score (nSPS) is 26.7. The molecule has 33 heavy (non-hydrogen) atoms. The number of ether oxygens (including phenoxy) is 1. The molecule has 2 aliphatic rings. The van der Waals surface area contributed by atoms with Crippen molar-refractivity contribution in [3.05, 3.63) is 11.1 Å². The molecule has 3 heterocycles. The van der Waals surface area contributed by atoms with Crippen LogP contribution in [0.25, 0.3) is 0 Å². The Morgan fingerprint density at radius 3 is 2.79 bits per heavy atom. The van der Waals surface area contributed by atoms with Gasteiger partial charge in [0.05, 0.1) is 6.61 Å². The summed E-state index contributed by atoms with van der Waals surface area (Å²) in [5.74, 6) is -2.36. The molecule has 0 saturated carbocycles. The standard InChI is InChI=1S/C18H22ClN5O7S2/c1-8-10(5-31-9(2)25)7-33(29)17-14(16(28)24(8)17)22-15(27)13(23-30-3)11-6-32-18(20-11)21-12(26)4-19/h6,8,10,14,17H,4-5,7H2,1-3H3,(H,22,27)(H,20,21,26)/b23-13+. The zero-order valence-corrected chi connectivity index (χ0v) is 20.3. The van der Waals surface area contributed by atoms with E-state index in [0.29, 0.717) is 0 Å². The van der Waals surface area contributed by atoms with Gasteiger partial charge in [0, 0.05) is 40.8 Å². The van der Waals surface area contributed by atoms with Crippen molar-refractivity contribution >= 4 is 68.3 Å². The minimum absolute atomic E-state index is 0.0623. The topological polar surface area (TPSA) is 156 Å². The number of esters is 1. The van der Waals surface area contributed by atoms with Crippen LogP contribution in [0.5, 0.6) is 0 Å². The summed E-state index contributed by atoms with van der Waals surface area (Å²) in [5, 5.41) is 9.71. The maximum absolute atomic E-state index is 12.9. The van der Waals surface area contributed by atoms with Crippen LogP contribution in [0.3, 0.4) is 0 Å². The number of fused-ring (bicyclic) bond motifs is 1. The fourth-order valence-electron chi connectivity index (χ4n) is 3.52. The largest absolute Gasteiger partial charge is 0.465 e. The minimum atomic E-state index is -1.47. The molecule has 0 spiro atoms. The molecule has 0 aliphatic carbocycles. The van der Waals surface area contributed by atoms with Gasteiger partial charge in [-0.15, -0.1) is 22.9 Å². The summed E-state index contributed by atoms with van der Waals surface area (Å²) in [6, 6.07) is -1.32. The summed E-state index contributed by atoms with van der Waals surface area (Å²) in [7, 11) is -0.228.